The van der Waals surface area contributed by atoms with E-state index in [9.17, 15) is 18.0 Å². The van der Waals surface area contributed by atoms with Crippen LogP contribution in [0.4, 0.5) is 13.2 Å². The van der Waals surface area contributed by atoms with Crippen molar-refractivity contribution < 1.29 is 27.4 Å². The minimum atomic E-state index is -1.20. The molecule has 1 unspecified atom stereocenters. The van der Waals surface area contributed by atoms with E-state index in [1.165, 1.54) is 12.1 Å². The van der Waals surface area contributed by atoms with Gasteiger partial charge in [-0.15, -0.1) is 0 Å². The SMILES string of the molecule is CCOCC1=C(C(=O)OCC)C(c2ccc(Cl)cc2F)N=C(c2ncc(F)cc2F)N1. The van der Waals surface area contributed by atoms with Gasteiger partial charge >= 0.3 is 5.97 Å². The van der Waals surface area contributed by atoms with Crippen molar-refractivity contribution in [2.45, 2.75) is 19.9 Å². The Morgan fingerprint density at radius 2 is 1.94 bits per heavy atom. The highest BCUT2D eigenvalue weighted by Crippen LogP contribution is 2.35. The summed E-state index contributed by atoms with van der Waals surface area (Å²) >= 11 is 5.85. The van der Waals surface area contributed by atoms with Gasteiger partial charge in [0.2, 0.25) is 0 Å². The van der Waals surface area contributed by atoms with Gasteiger partial charge in [0, 0.05) is 23.3 Å². The fourth-order valence-electron chi connectivity index (χ4n) is 3.02. The van der Waals surface area contributed by atoms with E-state index in [0.29, 0.717) is 12.7 Å². The summed E-state index contributed by atoms with van der Waals surface area (Å²) in [5.74, 6) is -3.40. The van der Waals surface area contributed by atoms with Crippen molar-refractivity contribution >= 4 is 23.4 Å². The van der Waals surface area contributed by atoms with Crippen LogP contribution in [0.15, 0.2) is 46.7 Å². The van der Waals surface area contributed by atoms with Crippen LogP contribution in [0, 0.1) is 17.5 Å². The summed E-state index contributed by atoms with van der Waals surface area (Å²) in [6.07, 6.45) is 0.827. The summed E-state index contributed by atoms with van der Waals surface area (Å²) in [5.41, 5.74) is -0.0707. The van der Waals surface area contributed by atoms with Crippen molar-refractivity contribution in [2.75, 3.05) is 19.8 Å². The Kier molecular flexibility index (Phi) is 7.29. The first-order chi connectivity index (χ1) is 14.8. The quantitative estimate of drug-likeness (QED) is 0.639. The number of nitrogens with one attached hydrogen (secondary N) is 1. The lowest BCUT2D eigenvalue weighted by Crippen LogP contribution is -2.37. The summed E-state index contributed by atoms with van der Waals surface area (Å²) in [6, 6.07) is 3.35. The fraction of sp³-hybridized carbons (Fsp3) is 0.286. The molecule has 1 atom stereocenters. The first kappa shape index (κ1) is 22.8. The van der Waals surface area contributed by atoms with Gasteiger partial charge in [-0.25, -0.2) is 22.9 Å². The maximum Gasteiger partial charge on any atom is 0.338 e. The molecule has 2 aromatic rings. The minimum absolute atomic E-state index is 0.00259. The van der Waals surface area contributed by atoms with Crippen molar-refractivity contribution in [3.05, 3.63) is 75.5 Å². The Balaban J connectivity index is 2.19. The van der Waals surface area contributed by atoms with Gasteiger partial charge in [0.05, 0.1) is 30.7 Å². The number of halogens is 4. The molecule has 0 amide bonds. The molecule has 10 heteroatoms. The number of hydrogen-bond donors (Lipinski definition) is 1. The predicted octanol–water partition coefficient (Wildman–Crippen LogP) is 4.10. The molecular weight excluding hydrogens is 435 g/mol. The molecule has 1 aromatic carbocycles. The number of aromatic nitrogens is 1. The predicted molar refractivity (Wildman–Crippen MR) is 108 cm³/mol. The van der Waals surface area contributed by atoms with Gasteiger partial charge in [0.25, 0.3) is 0 Å². The Bertz CT molecular complexity index is 1060. The normalized spacial score (nSPS) is 16.1. The molecule has 164 valence electrons. The average molecular weight is 454 g/mol. The molecule has 2 heterocycles. The van der Waals surface area contributed by atoms with Crippen LogP contribution in [-0.2, 0) is 14.3 Å². The van der Waals surface area contributed by atoms with E-state index < -0.39 is 29.5 Å². The van der Waals surface area contributed by atoms with E-state index in [4.69, 9.17) is 21.1 Å². The molecule has 0 saturated heterocycles. The number of hydrogen-bond acceptors (Lipinski definition) is 6. The third-order valence-corrected chi connectivity index (χ3v) is 4.60. The highest BCUT2D eigenvalue weighted by atomic mass is 35.5. The number of aliphatic imine (C=N–C) groups is 1. The molecule has 0 aliphatic carbocycles. The number of pyridine rings is 1. The topological polar surface area (TPSA) is 72.8 Å². The zero-order valence-electron chi connectivity index (χ0n) is 16.7. The molecule has 1 aliphatic heterocycles. The Hall–Kier alpha value is -2.91. The largest absolute Gasteiger partial charge is 0.463 e. The van der Waals surface area contributed by atoms with E-state index in [1.54, 1.807) is 13.8 Å². The third-order valence-electron chi connectivity index (χ3n) is 4.36. The molecule has 1 N–H and O–H groups in total. The van der Waals surface area contributed by atoms with E-state index in [0.717, 1.165) is 12.3 Å². The lowest BCUT2D eigenvalue weighted by Gasteiger charge is -2.27. The van der Waals surface area contributed by atoms with Gasteiger partial charge in [0.1, 0.15) is 23.4 Å². The number of amidine groups is 1. The monoisotopic (exact) mass is 453 g/mol. The van der Waals surface area contributed by atoms with Crippen LogP contribution in [-0.4, -0.2) is 36.6 Å². The fourth-order valence-corrected chi connectivity index (χ4v) is 3.18. The molecule has 0 fully saturated rings. The molecule has 0 radical (unpaired) electrons. The molecule has 0 spiro atoms. The van der Waals surface area contributed by atoms with E-state index in [2.05, 4.69) is 15.3 Å². The second kappa shape index (κ2) is 9.93. The highest BCUT2D eigenvalue weighted by molar-refractivity contribution is 6.30. The molecule has 6 nitrogen and oxygen atoms in total. The maximum atomic E-state index is 14.8. The van der Waals surface area contributed by atoms with Crippen LogP contribution >= 0.6 is 11.6 Å². The van der Waals surface area contributed by atoms with Crippen LogP contribution in [0.1, 0.15) is 31.1 Å². The zero-order chi connectivity index (χ0) is 22.5. The van der Waals surface area contributed by atoms with Crippen molar-refractivity contribution in [2.24, 2.45) is 4.99 Å². The van der Waals surface area contributed by atoms with E-state index in [-0.39, 0.29) is 46.6 Å². The lowest BCUT2D eigenvalue weighted by molar-refractivity contribution is -0.139. The second-order valence-electron chi connectivity index (χ2n) is 6.40. The van der Waals surface area contributed by atoms with Gasteiger partial charge in [-0.2, -0.15) is 0 Å². The number of carbonyl (C=O) groups is 1. The summed E-state index contributed by atoms with van der Waals surface area (Å²) in [6.45, 7) is 3.68. The van der Waals surface area contributed by atoms with Gasteiger partial charge in [0.15, 0.2) is 11.7 Å². The number of carbonyl (C=O) groups excluding carboxylic acids is 1. The first-order valence-electron chi connectivity index (χ1n) is 9.44. The van der Waals surface area contributed by atoms with Crippen LogP contribution in [0.3, 0.4) is 0 Å². The molecule has 31 heavy (non-hydrogen) atoms. The Labute approximate surface area is 181 Å². The zero-order valence-corrected chi connectivity index (χ0v) is 17.5. The van der Waals surface area contributed by atoms with Crippen LogP contribution in [0.25, 0.3) is 0 Å². The van der Waals surface area contributed by atoms with E-state index in [1.807, 2.05) is 0 Å². The molecule has 3 rings (SSSR count). The number of benzene rings is 1. The van der Waals surface area contributed by atoms with Crippen LogP contribution in [0.5, 0.6) is 0 Å². The average Bonchev–Trinajstić information content (AvgIpc) is 2.71. The van der Waals surface area contributed by atoms with Gasteiger partial charge in [-0.3, -0.25) is 4.99 Å². The summed E-state index contributed by atoms with van der Waals surface area (Å²) in [5, 5.41) is 2.97. The van der Waals surface area contributed by atoms with Crippen molar-refractivity contribution in [1.29, 1.82) is 0 Å². The number of esters is 1. The van der Waals surface area contributed by atoms with E-state index >= 15 is 0 Å². The van der Waals surface area contributed by atoms with Crippen molar-refractivity contribution in [1.82, 2.24) is 10.3 Å². The standard InChI is InChI=1S/C21H19ClF3N3O3/c1-3-30-10-16-17(21(29)31-4-2)18(13-6-5-11(22)7-14(13)24)28-20(27-16)19-15(25)8-12(23)9-26-19/h5-9,18H,3-4,10H2,1-2H3,(H,27,28). The van der Waals surface area contributed by atoms with Crippen LogP contribution < -0.4 is 5.32 Å². The third kappa shape index (κ3) is 5.05. The minimum Gasteiger partial charge on any atom is -0.463 e. The van der Waals surface area contributed by atoms with Crippen molar-refractivity contribution in [3.63, 3.8) is 0 Å². The van der Waals surface area contributed by atoms with Gasteiger partial charge in [-0.1, -0.05) is 17.7 Å². The highest BCUT2D eigenvalue weighted by Gasteiger charge is 2.34. The van der Waals surface area contributed by atoms with Gasteiger partial charge in [-0.05, 0) is 26.0 Å². The second-order valence-corrected chi connectivity index (χ2v) is 6.84. The summed E-state index contributed by atoms with van der Waals surface area (Å²) in [7, 11) is 0. The maximum absolute atomic E-state index is 14.8. The molecule has 0 saturated carbocycles. The first-order valence-corrected chi connectivity index (χ1v) is 9.82. The molecule has 0 bridgehead atoms. The summed E-state index contributed by atoms with van der Waals surface area (Å²) in [4.78, 5) is 20.8. The summed E-state index contributed by atoms with van der Waals surface area (Å²) < 4.78 is 53.1. The Morgan fingerprint density at radius 1 is 1.16 bits per heavy atom. The molecule has 1 aromatic heterocycles. The molecular formula is C21H19ClF3N3O3. The number of rotatable bonds is 7. The van der Waals surface area contributed by atoms with Crippen LogP contribution in [0.2, 0.25) is 5.02 Å². The Morgan fingerprint density at radius 3 is 2.58 bits per heavy atom. The number of nitrogens with zero attached hydrogens (tertiary/aromatic N) is 2. The number of ether oxygens (including phenoxy) is 2. The van der Waals surface area contributed by atoms with Crippen molar-refractivity contribution in [3.8, 4) is 0 Å². The van der Waals surface area contributed by atoms with Gasteiger partial charge < -0.3 is 14.8 Å². The molecule has 1 aliphatic rings. The lowest BCUT2D eigenvalue weighted by atomic mass is 9.95. The smallest absolute Gasteiger partial charge is 0.338 e.